The molecule has 2 nitrogen and oxygen atoms in total. The van der Waals surface area contributed by atoms with Gasteiger partial charge in [0.15, 0.2) is 0 Å². The molecule has 1 rings (SSSR count). The fraction of sp³-hybridized carbons (Fsp3) is 0.909. The number of thiocarbonyl (C=S) groups is 1. The van der Waals surface area contributed by atoms with E-state index in [4.69, 9.17) is 12.2 Å². The average Bonchev–Trinajstić information content (AvgIpc) is 2.24. The molecular weight excluding hydrogens is 192 g/mol. The molecule has 1 saturated heterocycles. The number of hydrogen-bond acceptors (Lipinski definition) is 2. The summed E-state index contributed by atoms with van der Waals surface area (Å²) in [5, 5.41) is 0. The molecule has 0 aromatic rings. The molecule has 0 aromatic carbocycles. The summed E-state index contributed by atoms with van der Waals surface area (Å²) < 4.78 is 0. The largest absolute Gasteiger partial charge is 0.364 e. The third-order valence-corrected chi connectivity index (χ3v) is 2.21. The van der Waals surface area contributed by atoms with Gasteiger partial charge in [0.1, 0.15) is 0 Å². The zero-order valence-corrected chi connectivity index (χ0v) is 11.4. The van der Waals surface area contributed by atoms with Gasteiger partial charge < -0.3 is 9.80 Å². The Morgan fingerprint density at radius 1 is 0.929 bits per heavy atom. The van der Waals surface area contributed by atoms with Crippen molar-refractivity contribution in [3.63, 3.8) is 0 Å². The summed E-state index contributed by atoms with van der Waals surface area (Å²) in [6.07, 6.45) is 0. The first-order valence-electron chi connectivity index (χ1n) is 5.64. The summed E-state index contributed by atoms with van der Waals surface area (Å²) in [6.45, 7) is 14.5. The molecule has 1 fully saturated rings. The lowest BCUT2D eigenvalue weighted by Crippen LogP contribution is -2.45. The van der Waals surface area contributed by atoms with Crippen LogP contribution < -0.4 is 0 Å². The molecule has 86 valence electrons. The summed E-state index contributed by atoms with van der Waals surface area (Å²) >= 11 is 5.06. The van der Waals surface area contributed by atoms with E-state index < -0.39 is 0 Å². The van der Waals surface area contributed by atoms with Crippen LogP contribution in [0.2, 0.25) is 0 Å². The molecule has 0 aliphatic carbocycles. The molecule has 14 heavy (non-hydrogen) atoms. The second-order valence-electron chi connectivity index (χ2n) is 2.81. The molecule has 0 amide bonds. The lowest BCUT2D eigenvalue weighted by molar-refractivity contribution is 0.217. The maximum atomic E-state index is 5.06. The fourth-order valence-corrected chi connectivity index (χ4v) is 1.30. The van der Waals surface area contributed by atoms with E-state index in [0.29, 0.717) is 0 Å². The summed E-state index contributed by atoms with van der Waals surface area (Å²) in [5.41, 5.74) is 0. The maximum absolute atomic E-state index is 5.06. The lowest BCUT2D eigenvalue weighted by atomic mass is 10.3. The minimum Gasteiger partial charge on any atom is -0.364 e. The van der Waals surface area contributed by atoms with Crippen LogP contribution in [0.5, 0.6) is 0 Å². The Hall–Kier alpha value is -0.150. The molecule has 1 aliphatic rings. The first-order chi connectivity index (χ1) is 6.70. The van der Waals surface area contributed by atoms with Crippen molar-refractivity contribution in [2.45, 2.75) is 34.6 Å². The summed E-state index contributed by atoms with van der Waals surface area (Å²) in [4.78, 5) is 5.62. The Morgan fingerprint density at radius 3 is 1.57 bits per heavy atom. The molecule has 0 bridgehead atoms. The van der Waals surface area contributed by atoms with E-state index in [1.54, 1.807) is 0 Å². The maximum Gasteiger partial charge on any atom is 0.0748 e. The molecule has 0 unspecified atom stereocenters. The highest BCUT2D eigenvalue weighted by Crippen LogP contribution is 1.99. The standard InChI is InChI=1S/C7H14N2S.2C2H6/c1-7(10)9-5-3-8(2)4-6-9;2*1-2/h3-6H2,1-2H3;2*1-2H3. The van der Waals surface area contributed by atoms with Crippen LogP contribution in [-0.4, -0.2) is 48.0 Å². The zero-order chi connectivity index (χ0) is 11.6. The Labute approximate surface area is 95.3 Å². The van der Waals surface area contributed by atoms with E-state index in [9.17, 15) is 0 Å². The molecule has 0 saturated carbocycles. The van der Waals surface area contributed by atoms with Gasteiger partial charge in [-0.3, -0.25) is 0 Å². The van der Waals surface area contributed by atoms with Crippen molar-refractivity contribution < 1.29 is 0 Å². The van der Waals surface area contributed by atoms with E-state index >= 15 is 0 Å². The van der Waals surface area contributed by atoms with Gasteiger partial charge in [-0.2, -0.15) is 0 Å². The Morgan fingerprint density at radius 2 is 1.29 bits per heavy atom. The quantitative estimate of drug-likeness (QED) is 0.577. The highest BCUT2D eigenvalue weighted by atomic mass is 32.1. The smallest absolute Gasteiger partial charge is 0.0748 e. The Balaban J connectivity index is 0. The van der Waals surface area contributed by atoms with Crippen LogP contribution >= 0.6 is 12.2 Å². The van der Waals surface area contributed by atoms with Crippen LogP contribution in [0.1, 0.15) is 34.6 Å². The summed E-state index contributed by atoms with van der Waals surface area (Å²) in [7, 11) is 2.15. The van der Waals surface area contributed by atoms with Gasteiger partial charge in [-0.25, -0.2) is 0 Å². The highest BCUT2D eigenvalue weighted by Gasteiger charge is 2.12. The van der Waals surface area contributed by atoms with Gasteiger partial charge in [0.25, 0.3) is 0 Å². The van der Waals surface area contributed by atoms with Gasteiger partial charge in [0.2, 0.25) is 0 Å². The van der Waals surface area contributed by atoms with Gasteiger partial charge in [-0.05, 0) is 14.0 Å². The predicted octanol–water partition coefficient (Wildman–Crippen LogP) is 2.63. The molecule has 0 aromatic heterocycles. The SMILES string of the molecule is CC.CC.CC(=S)N1CCN(C)CC1. The van der Waals surface area contributed by atoms with Crippen LogP contribution in [0, 0.1) is 0 Å². The molecule has 1 aliphatic heterocycles. The predicted molar refractivity (Wildman–Crippen MR) is 70.0 cm³/mol. The Bertz CT molecular complexity index is 129. The topological polar surface area (TPSA) is 6.48 Å². The van der Waals surface area contributed by atoms with Crippen molar-refractivity contribution in [3.8, 4) is 0 Å². The van der Waals surface area contributed by atoms with Crippen molar-refractivity contribution in [1.29, 1.82) is 0 Å². The van der Waals surface area contributed by atoms with E-state index in [-0.39, 0.29) is 0 Å². The van der Waals surface area contributed by atoms with Gasteiger partial charge in [-0.1, -0.05) is 39.9 Å². The second kappa shape index (κ2) is 10.9. The molecule has 3 heteroatoms. The van der Waals surface area contributed by atoms with E-state index in [1.165, 1.54) is 0 Å². The third-order valence-electron chi connectivity index (χ3n) is 1.95. The summed E-state index contributed by atoms with van der Waals surface area (Å²) in [6, 6.07) is 0. The van der Waals surface area contributed by atoms with E-state index in [2.05, 4.69) is 16.8 Å². The lowest BCUT2D eigenvalue weighted by Gasteiger charge is -2.33. The normalized spacial score (nSPS) is 16.0. The first-order valence-corrected chi connectivity index (χ1v) is 6.05. The highest BCUT2D eigenvalue weighted by molar-refractivity contribution is 7.80. The molecule has 0 atom stereocenters. The van der Waals surface area contributed by atoms with Crippen molar-refractivity contribution in [2.24, 2.45) is 0 Å². The van der Waals surface area contributed by atoms with Gasteiger partial charge in [-0.15, -0.1) is 0 Å². The minimum atomic E-state index is 1.04. The minimum absolute atomic E-state index is 1.04. The van der Waals surface area contributed by atoms with Crippen LogP contribution in [0.15, 0.2) is 0 Å². The van der Waals surface area contributed by atoms with Gasteiger partial charge in [0.05, 0.1) is 4.99 Å². The number of hydrogen-bond donors (Lipinski definition) is 0. The number of nitrogens with zero attached hydrogens (tertiary/aromatic N) is 2. The van der Waals surface area contributed by atoms with Crippen molar-refractivity contribution in [3.05, 3.63) is 0 Å². The molecule has 1 heterocycles. The third kappa shape index (κ3) is 7.27. The van der Waals surface area contributed by atoms with Crippen LogP contribution in [0.25, 0.3) is 0 Å². The zero-order valence-electron chi connectivity index (χ0n) is 10.6. The fourth-order valence-electron chi connectivity index (χ4n) is 1.12. The first kappa shape index (κ1) is 16.3. The summed E-state index contributed by atoms with van der Waals surface area (Å²) in [5.74, 6) is 0. The Kier molecular flexibility index (Phi) is 12.7. The van der Waals surface area contributed by atoms with Crippen molar-refractivity contribution >= 4 is 17.2 Å². The van der Waals surface area contributed by atoms with Gasteiger partial charge >= 0.3 is 0 Å². The van der Waals surface area contributed by atoms with Crippen LogP contribution in [-0.2, 0) is 0 Å². The molecule has 0 spiro atoms. The molecule has 0 N–H and O–H groups in total. The number of piperazine rings is 1. The van der Waals surface area contributed by atoms with Gasteiger partial charge in [0, 0.05) is 26.2 Å². The second-order valence-corrected chi connectivity index (χ2v) is 3.40. The van der Waals surface area contributed by atoms with Crippen molar-refractivity contribution in [1.82, 2.24) is 9.80 Å². The van der Waals surface area contributed by atoms with Crippen LogP contribution in [0.3, 0.4) is 0 Å². The van der Waals surface area contributed by atoms with E-state index in [0.717, 1.165) is 31.2 Å². The van der Waals surface area contributed by atoms with Crippen molar-refractivity contribution in [2.75, 3.05) is 33.2 Å². The average molecular weight is 218 g/mol. The molecular formula is C11H26N2S. The monoisotopic (exact) mass is 218 g/mol. The number of likely N-dealkylation sites (N-methyl/N-ethyl adjacent to an activating group) is 1. The van der Waals surface area contributed by atoms with E-state index in [1.807, 2.05) is 34.6 Å². The van der Waals surface area contributed by atoms with Crippen LogP contribution in [0.4, 0.5) is 0 Å². The molecule has 0 radical (unpaired) electrons. The number of rotatable bonds is 0.